The Morgan fingerprint density at radius 3 is 2.38 bits per heavy atom. The minimum atomic E-state index is -1.71. The first-order valence-electron chi connectivity index (χ1n) is 13.7. The second kappa shape index (κ2) is 12.7. The van der Waals surface area contributed by atoms with Crippen LogP contribution in [0.2, 0.25) is 0 Å². The fourth-order valence-corrected chi connectivity index (χ4v) is 7.15. The van der Waals surface area contributed by atoms with Crippen LogP contribution in [-0.2, 0) is 9.53 Å². The molecular formula is C27H36F4N4O6S. The number of nitrogens with zero attached hydrogens (tertiary/aromatic N) is 4. The summed E-state index contributed by atoms with van der Waals surface area (Å²) in [5, 5.41) is 50.4. The second-order valence-electron chi connectivity index (χ2n) is 11.6. The van der Waals surface area contributed by atoms with Crippen molar-refractivity contribution in [2.45, 2.75) is 92.3 Å². The highest BCUT2D eigenvalue weighted by Crippen LogP contribution is 2.43. The number of aliphatic hydroxyl groups is 4. The first-order valence-corrected chi connectivity index (χ1v) is 14.6. The highest BCUT2D eigenvalue weighted by molar-refractivity contribution is 8.01. The van der Waals surface area contributed by atoms with E-state index in [-0.39, 0.29) is 17.8 Å². The Bertz CT molecular complexity index is 1230. The van der Waals surface area contributed by atoms with E-state index >= 15 is 0 Å². The van der Waals surface area contributed by atoms with Crippen molar-refractivity contribution in [3.05, 3.63) is 35.8 Å². The molecule has 4 N–H and O–H groups in total. The summed E-state index contributed by atoms with van der Waals surface area (Å²) < 4.78 is 62.3. The number of alkyl halides is 1. The number of aromatic nitrogens is 3. The predicted octanol–water partition coefficient (Wildman–Crippen LogP) is 2.35. The van der Waals surface area contributed by atoms with Crippen LogP contribution < -0.4 is 0 Å². The third-order valence-electron chi connectivity index (χ3n) is 7.64. The molecule has 4 rings (SSSR count). The fraction of sp³-hybridized carbons (Fsp3) is 0.667. The lowest BCUT2D eigenvalue weighted by Gasteiger charge is -2.45. The number of hydrogen-bond acceptors (Lipinski definition) is 9. The molecule has 1 aliphatic heterocycles. The minimum Gasteiger partial charge on any atom is -0.394 e. The van der Waals surface area contributed by atoms with Crippen LogP contribution in [0.25, 0.3) is 11.3 Å². The van der Waals surface area contributed by atoms with Crippen LogP contribution in [0.4, 0.5) is 17.6 Å². The smallest absolute Gasteiger partial charge is 0.238 e. The van der Waals surface area contributed by atoms with Gasteiger partial charge in [-0.1, -0.05) is 24.5 Å². The van der Waals surface area contributed by atoms with Gasteiger partial charge in [0.1, 0.15) is 46.4 Å². The average molecular weight is 621 g/mol. The maximum absolute atomic E-state index is 14.4. The van der Waals surface area contributed by atoms with Gasteiger partial charge in [0, 0.05) is 12.6 Å². The van der Waals surface area contributed by atoms with Crippen molar-refractivity contribution in [3.8, 4) is 11.3 Å². The van der Waals surface area contributed by atoms with Gasteiger partial charge >= 0.3 is 0 Å². The monoisotopic (exact) mass is 620 g/mol. The Labute approximate surface area is 244 Å². The van der Waals surface area contributed by atoms with Crippen molar-refractivity contribution in [1.82, 2.24) is 19.9 Å². The molecule has 42 heavy (non-hydrogen) atoms. The summed E-state index contributed by atoms with van der Waals surface area (Å²) in [5.41, 5.74) is -4.73. The van der Waals surface area contributed by atoms with Gasteiger partial charge in [-0.15, -0.1) is 16.9 Å². The lowest BCUT2D eigenvalue weighted by molar-refractivity contribution is -0.179. The van der Waals surface area contributed by atoms with Crippen molar-refractivity contribution in [3.63, 3.8) is 0 Å². The molecule has 2 heterocycles. The molecule has 1 aromatic heterocycles. The molecule has 1 aliphatic carbocycles. The van der Waals surface area contributed by atoms with Gasteiger partial charge in [0.25, 0.3) is 0 Å². The van der Waals surface area contributed by atoms with E-state index in [1.54, 1.807) is 0 Å². The van der Waals surface area contributed by atoms with Crippen LogP contribution in [0.3, 0.4) is 0 Å². The lowest BCUT2D eigenvalue weighted by Crippen LogP contribution is -2.58. The Morgan fingerprint density at radius 1 is 1.19 bits per heavy atom. The summed E-state index contributed by atoms with van der Waals surface area (Å²) in [5.74, 6) is -5.12. The Kier molecular flexibility index (Phi) is 9.89. The standard InChI is InChI=1S/C27H36F4N4O6S/c1-26(2,31)13-34(3)24(39)23(27(40)7-5-4-6-8-27)42-25-22(38)20(21(37)18(12-36)41-25)35-11-17(32-33-35)14-9-15(28)19(30)16(29)10-14/h9-11,18,20-23,25,36-38,40H,4-8,12-13H2,1-3H3/t18-,20+,21+,22-,23+,25+/m1/s1. The number of carbonyl (C=O) groups is 1. The molecule has 1 saturated carbocycles. The van der Waals surface area contributed by atoms with Gasteiger partial charge in [0.15, 0.2) is 17.5 Å². The van der Waals surface area contributed by atoms with Crippen LogP contribution in [0, 0.1) is 17.5 Å². The third-order valence-corrected chi connectivity index (χ3v) is 9.21. The zero-order valence-corrected chi connectivity index (χ0v) is 24.3. The number of aliphatic hydroxyl groups excluding tert-OH is 3. The van der Waals surface area contributed by atoms with Crippen LogP contribution in [0.15, 0.2) is 18.3 Å². The summed E-state index contributed by atoms with van der Waals surface area (Å²) in [6.07, 6.45) is -0.462. The van der Waals surface area contributed by atoms with E-state index in [9.17, 15) is 42.8 Å². The van der Waals surface area contributed by atoms with Gasteiger partial charge < -0.3 is 30.1 Å². The molecule has 2 aliphatic rings. The Balaban J connectivity index is 1.65. The Hall–Kier alpha value is -2.30. The van der Waals surface area contributed by atoms with Gasteiger partial charge in [-0.3, -0.25) is 4.79 Å². The summed E-state index contributed by atoms with van der Waals surface area (Å²) >= 11 is 0.809. The molecule has 1 saturated heterocycles. The quantitative estimate of drug-likeness (QED) is 0.246. The number of benzene rings is 1. The van der Waals surface area contributed by atoms with Crippen molar-refractivity contribution >= 4 is 17.7 Å². The second-order valence-corrected chi connectivity index (χ2v) is 12.8. The molecule has 0 unspecified atom stereocenters. The first-order chi connectivity index (χ1) is 19.6. The number of ether oxygens (including phenoxy) is 1. The van der Waals surface area contributed by atoms with Crippen molar-refractivity contribution in [2.75, 3.05) is 20.2 Å². The molecule has 234 valence electrons. The Morgan fingerprint density at radius 2 is 1.81 bits per heavy atom. The van der Waals surface area contributed by atoms with E-state index in [0.717, 1.165) is 35.0 Å². The van der Waals surface area contributed by atoms with Crippen molar-refractivity contribution < 1.29 is 47.5 Å². The molecule has 6 atom stereocenters. The number of thioether (sulfide) groups is 1. The van der Waals surface area contributed by atoms with E-state index in [1.807, 2.05) is 0 Å². The zero-order valence-electron chi connectivity index (χ0n) is 23.5. The number of carbonyl (C=O) groups excluding carboxylic acids is 1. The highest BCUT2D eigenvalue weighted by atomic mass is 32.2. The SMILES string of the molecule is CN(CC(C)(C)F)C(=O)[C@H](S[C@@H]1O[C@H](CO)[C@H](O)[C@H](n2cc(-c3cc(F)c(F)c(F)c3)nn2)[C@H]1O)C1(O)CCCCC1. The predicted molar refractivity (Wildman–Crippen MR) is 144 cm³/mol. The number of amides is 1. The number of halogens is 4. The summed E-state index contributed by atoms with van der Waals surface area (Å²) in [4.78, 5) is 14.8. The minimum absolute atomic E-state index is 0.0940. The molecule has 2 aromatic rings. The maximum atomic E-state index is 14.4. The molecule has 10 nitrogen and oxygen atoms in total. The van der Waals surface area contributed by atoms with E-state index in [2.05, 4.69) is 10.3 Å². The topological polar surface area (TPSA) is 141 Å². The van der Waals surface area contributed by atoms with Crippen LogP contribution >= 0.6 is 11.8 Å². The fourth-order valence-electron chi connectivity index (χ4n) is 5.57. The van der Waals surface area contributed by atoms with Crippen LogP contribution in [0.1, 0.15) is 52.0 Å². The van der Waals surface area contributed by atoms with Crippen molar-refractivity contribution in [1.29, 1.82) is 0 Å². The molecule has 1 aromatic carbocycles. The maximum Gasteiger partial charge on any atom is 0.238 e. The van der Waals surface area contributed by atoms with E-state index in [4.69, 9.17) is 4.74 Å². The number of hydrogen-bond donors (Lipinski definition) is 4. The molecule has 1 amide bonds. The molecule has 15 heteroatoms. The number of rotatable bonds is 9. The normalized spacial score (nSPS) is 27.1. The van der Waals surface area contributed by atoms with Gasteiger partial charge in [-0.2, -0.15) is 0 Å². The van der Waals surface area contributed by atoms with Gasteiger partial charge in [-0.25, -0.2) is 22.2 Å². The van der Waals surface area contributed by atoms with E-state index in [0.29, 0.717) is 25.7 Å². The third kappa shape index (κ3) is 6.91. The highest BCUT2D eigenvalue weighted by Gasteiger charge is 2.51. The average Bonchev–Trinajstić information content (AvgIpc) is 3.40. The van der Waals surface area contributed by atoms with Crippen LogP contribution in [0.5, 0.6) is 0 Å². The van der Waals surface area contributed by atoms with E-state index < -0.39 is 76.3 Å². The molecular weight excluding hydrogens is 584 g/mol. The molecule has 2 fully saturated rings. The van der Waals surface area contributed by atoms with E-state index in [1.165, 1.54) is 32.0 Å². The zero-order chi connectivity index (χ0) is 31.0. The van der Waals surface area contributed by atoms with Gasteiger partial charge in [0.05, 0.1) is 24.9 Å². The summed E-state index contributed by atoms with van der Waals surface area (Å²) in [7, 11) is 1.42. The van der Waals surface area contributed by atoms with Gasteiger partial charge in [-0.05, 0) is 38.8 Å². The van der Waals surface area contributed by atoms with Crippen molar-refractivity contribution in [2.24, 2.45) is 0 Å². The molecule has 0 bridgehead atoms. The largest absolute Gasteiger partial charge is 0.394 e. The first kappa shape index (κ1) is 32.6. The van der Waals surface area contributed by atoms with Gasteiger partial charge in [0.2, 0.25) is 5.91 Å². The molecule has 0 radical (unpaired) electrons. The summed E-state index contributed by atoms with van der Waals surface area (Å²) in [6.45, 7) is 1.71. The molecule has 0 spiro atoms. The lowest BCUT2D eigenvalue weighted by atomic mass is 9.81. The summed E-state index contributed by atoms with van der Waals surface area (Å²) in [6, 6.07) is 0.119. The van der Waals surface area contributed by atoms with Crippen LogP contribution in [-0.4, -0.2) is 107 Å².